The number of halogens is 4. The third-order valence-electron chi connectivity index (χ3n) is 4.16. The second kappa shape index (κ2) is 7.44. The number of rotatable bonds is 4. The topological polar surface area (TPSA) is 55.4 Å². The van der Waals surface area contributed by atoms with E-state index in [-0.39, 0.29) is 35.1 Å². The molecule has 8 heteroatoms. The second-order valence-electron chi connectivity index (χ2n) is 6.32. The van der Waals surface area contributed by atoms with E-state index >= 15 is 0 Å². The monoisotopic (exact) mass is 413 g/mol. The summed E-state index contributed by atoms with van der Waals surface area (Å²) in [5, 5.41) is 3.09. The Morgan fingerprint density at radius 1 is 1.26 bits per heavy atom. The maximum atomic E-state index is 13.3. The zero-order chi connectivity index (χ0) is 19.8. The lowest BCUT2D eigenvalue weighted by molar-refractivity contribution is -0.128. The number of nitrogens with one attached hydrogen (secondary N) is 1. The minimum atomic E-state index is -2.96. The van der Waals surface area contributed by atoms with Crippen LogP contribution in [0.1, 0.15) is 29.7 Å². The molecule has 27 heavy (non-hydrogen) atoms. The van der Waals surface area contributed by atoms with Crippen LogP contribution in [0, 0.1) is 0 Å². The quantitative estimate of drug-likeness (QED) is 0.804. The van der Waals surface area contributed by atoms with Gasteiger partial charge in [0, 0.05) is 29.5 Å². The summed E-state index contributed by atoms with van der Waals surface area (Å²) in [6, 6.07) is 7.45. The van der Waals surface area contributed by atoms with Gasteiger partial charge >= 0.3 is 0 Å². The first-order chi connectivity index (χ1) is 12.6. The Morgan fingerprint density at radius 3 is 2.56 bits per heavy atom. The molecule has 0 fully saturated rings. The number of hydrogen-bond acceptors (Lipinski definition) is 3. The van der Waals surface area contributed by atoms with Crippen LogP contribution >= 0.6 is 23.2 Å². The van der Waals surface area contributed by atoms with Crippen molar-refractivity contribution in [1.29, 1.82) is 0 Å². The van der Waals surface area contributed by atoms with E-state index in [0.717, 1.165) is 6.92 Å². The highest BCUT2D eigenvalue weighted by Crippen LogP contribution is 2.38. The normalized spacial score (nSPS) is 16.8. The fraction of sp³-hybridized carbons (Fsp3) is 0.263. The summed E-state index contributed by atoms with van der Waals surface area (Å²) in [5.74, 6) is -3.55. The number of ether oxygens (including phenoxy) is 1. The second-order valence-corrected chi connectivity index (χ2v) is 7.17. The molecule has 2 aromatic carbocycles. The van der Waals surface area contributed by atoms with Crippen LogP contribution in [0.15, 0.2) is 36.4 Å². The van der Waals surface area contributed by atoms with Gasteiger partial charge in [-0.05, 0) is 17.7 Å². The van der Waals surface area contributed by atoms with Crippen molar-refractivity contribution < 1.29 is 23.1 Å². The van der Waals surface area contributed by atoms with Crippen molar-refractivity contribution in [3.05, 3.63) is 63.1 Å². The fourth-order valence-corrected chi connectivity index (χ4v) is 3.40. The molecular formula is C19H15Cl2F2NO3. The first kappa shape index (κ1) is 19.6. The average Bonchev–Trinajstić information content (AvgIpc) is 2.74. The summed E-state index contributed by atoms with van der Waals surface area (Å²) < 4.78 is 32.0. The Kier molecular flexibility index (Phi) is 5.40. The highest BCUT2D eigenvalue weighted by atomic mass is 35.5. The number of fused-ring (bicyclic) bond motifs is 1. The molecule has 1 aliphatic rings. The third kappa shape index (κ3) is 4.39. The van der Waals surface area contributed by atoms with Crippen molar-refractivity contribution in [3.8, 4) is 5.75 Å². The minimum Gasteiger partial charge on any atom is -0.482 e. The van der Waals surface area contributed by atoms with Gasteiger partial charge in [0.25, 0.3) is 11.8 Å². The Labute approximate surface area is 164 Å². The van der Waals surface area contributed by atoms with Gasteiger partial charge in [-0.2, -0.15) is 0 Å². The first-order valence-corrected chi connectivity index (χ1v) is 8.82. The van der Waals surface area contributed by atoms with Crippen molar-refractivity contribution in [1.82, 2.24) is 5.32 Å². The zero-order valence-corrected chi connectivity index (χ0v) is 15.7. The SMILES string of the molecule is CC(F)(F)c1ccc(CC(=O)C2NC(=O)COc3c(Cl)cc(Cl)cc32)cc1. The van der Waals surface area contributed by atoms with Gasteiger partial charge in [0.05, 0.1) is 5.02 Å². The molecule has 1 aliphatic heterocycles. The molecule has 4 nitrogen and oxygen atoms in total. The molecule has 142 valence electrons. The van der Waals surface area contributed by atoms with Gasteiger partial charge < -0.3 is 10.1 Å². The van der Waals surface area contributed by atoms with Gasteiger partial charge in [-0.15, -0.1) is 0 Å². The van der Waals surface area contributed by atoms with E-state index in [1.54, 1.807) is 0 Å². The Morgan fingerprint density at radius 2 is 1.93 bits per heavy atom. The molecule has 3 rings (SSSR count). The summed E-state index contributed by atoms with van der Waals surface area (Å²) in [6.07, 6.45) is -0.0654. The van der Waals surface area contributed by atoms with Gasteiger partial charge in [0.2, 0.25) is 0 Å². The van der Waals surface area contributed by atoms with Gasteiger partial charge in [-0.25, -0.2) is 8.78 Å². The van der Waals surface area contributed by atoms with E-state index < -0.39 is 17.9 Å². The predicted molar refractivity (Wildman–Crippen MR) is 97.6 cm³/mol. The van der Waals surface area contributed by atoms with E-state index in [1.807, 2.05) is 0 Å². The number of amides is 1. The molecule has 1 heterocycles. The highest BCUT2D eigenvalue weighted by molar-refractivity contribution is 6.35. The maximum Gasteiger partial charge on any atom is 0.270 e. The van der Waals surface area contributed by atoms with E-state index in [4.69, 9.17) is 27.9 Å². The number of Topliss-reactive ketones (excluding diaryl/α,β-unsaturated/α-hetero) is 1. The Balaban J connectivity index is 1.89. The summed E-state index contributed by atoms with van der Waals surface area (Å²) in [6.45, 7) is 0.525. The van der Waals surface area contributed by atoms with Gasteiger partial charge in [0.1, 0.15) is 11.8 Å². The van der Waals surface area contributed by atoms with E-state index in [9.17, 15) is 18.4 Å². The smallest absolute Gasteiger partial charge is 0.270 e. The van der Waals surface area contributed by atoms with Gasteiger partial charge in [0.15, 0.2) is 12.4 Å². The zero-order valence-electron chi connectivity index (χ0n) is 14.2. The molecule has 0 aliphatic carbocycles. The minimum absolute atomic E-state index is 0.0654. The summed E-state index contributed by atoms with van der Waals surface area (Å²) in [5.41, 5.74) is 0.765. The lowest BCUT2D eigenvalue weighted by Gasteiger charge is -2.18. The molecule has 0 spiro atoms. The number of benzene rings is 2. The Hall–Kier alpha value is -2.18. The van der Waals surface area contributed by atoms with Crippen LogP contribution in [0.3, 0.4) is 0 Å². The molecule has 1 N–H and O–H groups in total. The van der Waals surface area contributed by atoms with E-state index in [0.29, 0.717) is 16.1 Å². The summed E-state index contributed by atoms with van der Waals surface area (Å²) >= 11 is 12.2. The maximum absolute atomic E-state index is 13.3. The Bertz CT molecular complexity index is 895. The molecular weight excluding hydrogens is 399 g/mol. The van der Waals surface area contributed by atoms with E-state index in [2.05, 4.69) is 5.32 Å². The van der Waals surface area contributed by atoms with Crippen LogP contribution in [-0.2, 0) is 21.9 Å². The molecule has 0 aromatic heterocycles. The van der Waals surface area contributed by atoms with Crippen LogP contribution < -0.4 is 10.1 Å². The number of ketones is 1. The molecule has 1 unspecified atom stereocenters. The van der Waals surface area contributed by atoms with Crippen molar-refractivity contribution in [2.75, 3.05) is 6.61 Å². The summed E-state index contributed by atoms with van der Waals surface area (Å²) in [7, 11) is 0. The fourth-order valence-electron chi connectivity index (χ4n) is 2.84. The largest absolute Gasteiger partial charge is 0.482 e. The lowest BCUT2D eigenvalue weighted by Crippen LogP contribution is -2.35. The lowest BCUT2D eigenvalue weighted by atomic mass is 9.96. The highest BCUT2D eigenvalue weighted by Gasteiger charge is 2.31. The number of carbonyl (C=O) groups is 2. The average molecular weight is 414 g/mol. The van der Waals surface area contributed by atoms with Crippen LogP contribution in [0.5, 0.6) is 5.75 Å². The molecule has 0 bridgehead atoms. The van der Waals surface area contributed by atoms with Crippen LogP contribution in [0.25, 0.3) is 0 Å². The summed E-state index contributed by atoms with van der Waals surface area (Å²) in [4.78, 5) is 24.8. The number of alkyl halides is 2. The molecule has 0 radical (unpaired) electrons. The number of carbonyl (C=O) groups excluding carboxylic acids is 2. The van der Waals surface area contributed by atoms with Crippen LogP contribution in [-0.4, -0.2) is 18.3 Å². The van der Waals surface area contributed by atoms with Crippen molar-refractivity contribution in [2.24, 2.45) is 0 Å². The molecule has 0 saturated carbocycles. The first-order valence-electron chi connectivity index (χ1n) is 8.06. The third-order valence-corrected chi connectivity index (χ3v) is 4.66. The van der Waals surface area contributed by atoms with Crippen LogP contribution in [0.4, 0.5) is 8.78 Å². The number of hydrogen-bond donors (Lipinski definition) is 1. The van der Waals surface area contributed by atoms with Gasteiger partial charge in [-0.3, -0.25) is 9.59 Å². The standard InChI is InChI=1S/C19H15Cl2F2NO3/c1-19(22,23)11-4-2-10(3-5-11)6-15(25)17-13-7-12(20)8-14(21)18(13)27-9-16(26)24-17/h2-5,7-8,17H,6,9H2,1H3,(H,24,26). The van der Waals surface area contributed by atoms with Crippen LogP contribution in [0.2, 0.25) is 10.0 Å². The molecule has 2 aromatic rings. The van der Waals surface area contributed by atoms with Crippen molar-refractivity contribution >= 4 is 34.9 Å². The molecule has 1 amide bonds. The molecule has 0 saturated heterocycles. The molecule has 1 atom stereocenters. The van der Waals surface area contributed by atoms with Crippen molar-refractivity contribution in [2.45, 2.75) is 25.3 Å². The van der Waals surface area contributed by atoms with Crippen molar-refractivity contribution in [3.63, 3.8) is 0 Å². The predicted octanol–water partition coefficient (Wildman–Crippen LogP) is 4.47. The van der Waals surface area contributed by atoms with Gasteiger partial charge in [-0.1, -0.05) is 47.5 Å². The van der Waals surface area contributed by atoms with E-state index in [1.165, 1.54) is 36.4 Å².